The number of nitrogens with zero attached hydrogens (tertiary/aromatic N) is 1. The second-order valence-electron chi connectivity index (χ2n) is 1.61. The third kappa shape index (κ3) is 1.40. The number of nitrogens with one attached hydrogen (secondary N) is 1. The molecule has 4 heteroatoms. The van der Waals surface area contributed by atoms with E-state index in [1.165, 1.54) is 24.4 Å². The molecule has 0 fully saturated rings. The Labute approximate surface area is 56.2 Å². The fraction of sp³-hybridized carbons (Fsp3) is 0. The van der Waals surface area contributed by atoms with Crippen molar-refractivity contribution >= 4 is 11.8 Å². The number of aliphatic imine (C=N–C) groups is 1. The van der Waals surface area contributed by atoms with Crippen LogP contribution in [-0.2, 0) is 4.79 Å². The van der Waals surface area contributed by atoms with Crippen molar-refractivity contribution in [1.29, 1.82) is 0 Å². The van der Waals surface area contributed by atoms with E-state index in [2.05, 4.69) is 9.98 Å². The Morgan fingerprint density at radius 2 is 2.40 bits per heavy atom. The van der Waals surface area contributed by atoms with Gasteiger partial charge in [0.25, 0.3) is 0 Å². The molecule has 0 saturated heterocycles. The number of pyridine rings is 1. The van der Waals surface area contributed by atoms with E-state index in [9.17, 15) is 9.59 Å². The van der Waals surface area contributed by atoms with Crippen LogP contribution in [0.15, 0.2) is 28.1 Å². The summed E-state index contributed by atoms with van der Waals surface area (Å²) in [4.78, 5) is 25.8. The lowest BCUT2D eigenvalue weighted by Crippen LogP contribution is -1.99. The molecular formula is C6H4N2O2. The first-order chi connectivity index (χ1) is 4.83. The molecule has 0 aliphatic heterocycles. The SMILES string of the molecule is O=C=Nc1cc[nH]c(=O)c1. The van der Waals surface area contributed by atoms with Gasteiger partial charge in [-0.25, -0.2) is 4.79 Å². The Hall–Kier alpha value is -1.67. The molecule has 50 valence electrons. The van der Waals surface area contributed by atoms with E-state index < -0.39 is 0 Å². The molecule has 1 rings (SSSR count). The minimum atomic E-state index is -0.281. The zero-order chi connectivity index (χ0) is 7.40. The van der Waals surface area contributed by atoms with Crippen molar-refractivity contribution in [3.05, 3.63) is 28.7 Å². The van der Waals surface area contributed by atoms with Crippen LogP contribution in [0.1, 0.15) is 0 Å². The predicted octanol–water partition coefficient (Wildman–Crippen LogP) is 0.342. The summed E-state index contributed by atoms with van der Waals surface area (Å²) in [7, 11) is 0. The second kappa shape index (κ2) is 2.75. The third-order valence-electron chi connectivity index (χ3n) is 0.933. The van der Waals surface area contributed by atoms with E-state index in [0.717, 1.165) is 0 Å². The first-order valence-corrected chi connectivity index (χ1v) is 2.59. The molecule has 0 bridgehead atoms. The molecule has 0 aliphatic rings. The van der Waals surface area contributed by atoms with Gasteiger partial charge in [0.15, 0.2) is 0 Å². The highest BCUT2D eigenvalue weighted by Gasteiger charge is 1.86. The molecule has 0 aromatic carbocycles. The number of carbonyl (C=O) groups excluding carboxylic acids is 1. The zero-order valence-corrected chi connectivity index (χ0v) is 5.00. The fourth-order valence-corrected chi connectivity index (χ4v) is 0.556. The van der Waals surface area contributed by atoms with Gasteiger partial charge in [0.1, 0.15) is 0 Å². The van der Waals surface area contributed by atoms with Crippen LogP contribution >= 0.6 is 0 Å². The van der Waals surface area contributed by atoms with Crippen LogP contribution in [0.2, 0.25) is 0 Å². The zero-order valence-electron chi connectivity index (χ0n) is 5.00. The standard InChI is InChI=1S/C6H4N2O2/c9-4-8-5-1-2-7-6(10)3-5/h1-3H,(H,7,10). The first-order valence-electron chi connectivity index (χ1n) is 2.59. The minimum absolute atomic E-state index is 0.281. The third-order valence-corrected chi connectivity index (χ3v) is 0.933. The number of isocyanates is 1. The topological polar surface area (TPSA) is 62.3 Å². The van der Waals surface area contributed by atoms with Crippen LogP contribution < -0.4 is 5.56 Å². The summed E-state index contributed by atoms with van der Waals surface area (Å²) in [6, 6.07) is 2.72. The Morgan fingerprint density at radius 1 is 1.60 bits per heavy atom. The van der Waals surface area contributed by atoms with E-state index >= 15 is 0 Å². The molecule has 1 aromatic heterocycles. The van der Waals surface area contributed by atoms with Crippen LogP contribution in [0.4, 0.5) is 5.69 Å². The Bertz CT molecular complexity index is 323. The maximum atomic E-state index is 10.5. The fourth-order valence-electron chi connectivity index (χ4n) is 0.556. The maximum absolute atomic E-state index is 10.5. The van der Waals surface area contributed by atoms with Crippen molar-refractivity contribution in [2.24, 2.45) is 4.99 Å². The molecule has 10 heavy (non-hydrogen) atoms. The van der Waals surface area contributed by atoms with Gasteiger partial charge in [0.05, 0.1) is 5.69 Å². The van der Waals surface area contributed by atoms with Crippen LogP contribution in [0.3, 0.4) is 0 Å². The monoisotopic (exact) mass is 136 g/mol. The molecule has 1 heterocycles. The molecule has 0 atom stereocenters. The number of rotatable bonds is 1. The summed E-state index contributed by atoms with van der Waals surface area (Å²) in [5.74, 6) is 0. The Morgan fingerprint density at radius 3 is 3.00 bits per heavy atom. The number of aromatic nitrogens is 1. The Balaban J connectivity index is 3.19. The van der Waals surface area contributed by atoms with Gasteiger partial charge < -0.3 is 4.98 Å². The van der Waals surface area contributed by atoms with Gasteiger partial charge in [-0.2, -0.15) is 4.99 Å². The van der Waals surface area contributed by atoms with E-state index in [-0.39, 0.29) is 5.56 Å². The van der Waals surface area contributed by atoms with Crippen molar-refractivity contribution in [3.8, 4) is 0 Å². The van der Waals surface area contributed by atoms with Gasteiger partial charge in [-0.15, -0.1) is 0 Å². The number of hydrogen-bond donors (Lipinski definition) is 1. The second-order valence-corrected chi connectivity index (χ2v) is 1.61. The smallest absolute Gasteiger partial charge is 0.250 e. The van der Waals surface area contributed by atoms with E-state index in [4.69, 9.17) is 0 Å². The summed E-state index contributed by atoms with van der Waals surface area (Å²) in [6.45, 7) is 0. The van der Waals surface area contributed by atoms with Crippen molar-refractivity contribution in [2.45, 2.75) is 0 Å². The minimum Gasteiger partial charge on any atom is -0.329 e. The number of hydrogen-bond acceptors (Lipinski definition) is 3. The number of H-pyrrole nitrogens is 1. The molecule has 1 aromatic rings. The van der Waals surface area contributed by atoms with Gasteiger partial charge in [-0.3, -0.25) is 4.79 Å². The largest absolute Gasteiger partial charge is 0.329 e. The normalized spacial score (nSPS) is 8.40. The summed E-state index contributed by atoms with van der Waals surface area (Å²) < 4.78 is 0. The first kappa shape index (κ1) is 6.45. The lowest BCUT2D eigenvalue weighted by Gasteiger charge is -1.83. The molecule has 0 radical (unpaired) electrons. The van der Waals surface area contributed by atoms with E-state index in [1.54, 1.807) is 0 Å². The highest BCUT2D eigenvalue weighted by molar-refractivity contribution is 5.47. The number of aromatic amines is 1. The van der Waals surface area contributed by atoms with Gasteiger partial charge in [0, 0.05) is 12.3 Å². The van der Waals surface area contributed by atoms with Gasteiger partial charge in [-0.05, 0) is 6.07 Å². The summed E-state index contributed by atoms with van der Waals surface area (Å²) in [6.07, 6.45) is 2.75. The molecule has 0 saturated carbocycles. The van der Waals surface area contributed by atoms with Gasteiger partial charge in [0.2, 0.25) is 11.6 Å². The summed E-state index contributed by atoms with van der Waals surface area (Å²) >= 11 is 0. The quantitative estimate of drug-likeness (QED) is 0.447. The van der Waals surface area contributed by atoms with Crippen molar-refractivity contribution in [3.63, 3.8) is 0 Å². The lowest BCUT2D eigenvalue weighted by atomic mass is 10.4. The molecule has 0 unspecified atom stereocenters. The van der Waals surface area contributed by atoms with Crippen molar-refractivity contribution in [1.82, 2.24) is 4.98 Å². The Kier molecular flexibility index (Phi) is 1.78. The van der Waals surface area contributed by atoms with E-state index in [0.29, 0.717) is 5.69 Å². The van der Waals surface area contributed by atoms with E-state index in [1.807, 2.05) is 0 Å². The molecule has 0 aliphatic carbocycles. The average Bonchev–Trinajstić information content (AvgIpc) is 1.88. The summed E-state index contributed by atoms with van der Waals surface area (Å²) in [5.41, 5.74) is 0.0373. The van der Waals surface area contributed by atoms with Gasteiger partial charge >= 0.3 is 0 Å². The van der Waals surface area contributed by atoms with Crippen LogP contribution in [0.5, 0.6) is 0 Å². The lowest BCUT2D eigenvalue weighted by molar-refractivity contribution is 0.565. The van der Waals surface area contributed by atoms with Crippen LogP contribution in [0, 0.1) is 0 Å². The molecule has 4 nitrogen and oxygen atoms in total. The highest BCUT2D eigenvalue weighted by atomic mass is 16.1. The van der Waals surface area contributed by atoms with Crippen molar-refractivity contribution < 1.29 is 4.79 Å². The molecular weight excluding hydrogens is 132 g/mol. The van der Waals surface area contributed by atoms with Gasteiger partial charge in [-0.1, -0.05) is 0 Å². The van der Waals surface area contributed by atoms with Crippen LogP contribution in [0.25, 0.3) is 0 Å². The van der Waals surface area contributed by atoms with Crippen molar-refractivity contribution in [2.75, 3.05) is 0 Å². The molecule has 0 spiro atoms. The average molecular weight is 136 g/mol. The predicted molar refractivity (Wildman–Crippen MR) is 34.8 cm³/mol. The maximum Gasteiger partial charge on any atom is 0.250 e. The van der Waals surface area contributed by atoms with Crippen LogP contribution in [-0.4, -0.2) is 11.1 Å². The highest BCUT2D eigenvalue weighted by Crippen LogP contribution is 2.02. The molecule has 1 N–H and O–H groups in total. The molecule has 0 amide bonds. The summed E-state index contributed by atoms with van der Waals surface area (Å²) in [5, 5.41) is 0.